The van der Waals surface area contributed by atoms with Crippen LogP contribution in [0.4, 0.5) is 26.0 Å². The van der Waals surface area contributed by atoms with Gasteiger partial charge < -0.3 is 10.6 Å². The second kappa shape index (κ2) is 8.08. The SMILES string of the molecule is Cc1nc(Nc2ccc(NC(=O)c3c(F)cccc3F)cc2)cc(-n2ccnc2)n1. The van der Waals surface area contributed by atoms with E-state index in [-0.39, 0.29) is 0 Å². The summed E-state index contributed by atoms with van der Waals surface area (Å²) in [5, 5.41) is 5.65. The van der Waals surface area contributed by atoms with Crippen molar-refractivity contribution in [3.8, 4) is 5.82 Å². The van der Waals surface area contributed by atoms with Gasteiger partial charge in [0.25, 0.3) is 5.91 Å². The molecule has 4 rings (SSSR count). The van der Waals surface area contributed by atoms with Gasteiger partial charge >= 0.3 is 0 Å². The van der Waals surface area contributed by atoms with E-state index < -0.39 is 23.1 Å². The summed E-state index contributed by atoms with van der Waals surface area (Å²) >= 11 is 0. The Morgan fingerprint density at radius 3 is 2.37 bits per heavy atom. The second-order valence-electron chi connectivity index (χ2n) is 6.38. The van der Waals surface area contributed by atoms with Crippen LogP contribution < -0.4 is 10.6 Å². The van der Waals surface area contributed by atoms with Crippen molar-refractivity contribution in [1.82, 2.24) is 19.5 Å². The third-order valence-corrected chi connectivity index (χ3v) is 4.20. The van der Waals surface area contributed by atoms with Crippen LogP contribution in [0.5, 0.6) is 0 Å². The molecule has 0 aliphatic heterocycles. The lowest BCUT2D eigenvalue weighted by molar-refractivity contribution is 0.101. The largest absolute Gasteiger partial charge is 0.340 e. The lowest BCUT2D eigenvalue weighted by Gasteiger charge is -2.10. The highest BCUT2D eigenvalue weighted by atomic mass is 19.1. The van der Waals surface area contributed by atoms with Gasteiger partial charge in [-0.1, -0.05) is 6.07 Å². The molecule has 0 fully saturated rings. The Hall–Kier alpha value is -4.14. The molecule has 0 bridgehead atoms. The second-order valence-corrected chi connectivity index (χ2v) is 6.38. The van der Waals surface area contributed by atoms with Gasteiger partial charge in [0.1, 0.15) is 41.0 Å². The van der Waals surface area contributed by atoms with Gasteiger partial charge in [-0.15, -0.1) is 0 Å². The van der Waals surface area contributed by atoms with Gasteiger partial charge in [0.05, 0.1) is 0 Å². The van der Waals surface area contributed by atoms with Gasteiger partial charge in [-0.3, -0.25) is 9.36 Å². The summed E-state index contributed by atoms with van der Waals surface area (Å²) in [5.74, 6) is -0.867. The predicted molar refractivity (Wildman–Crippen MR) is 108 cm³/mol. The monoisotopic (exact) mass is 406 g/mol. The van der Waals surface area contributed by atoms with E-state index in [1.54, 1.807) is 60.5 Å². The average molecular weight is 406 g/mol. The maximum atomic E-state index is 13.7. The maximum absolute atomic E-state index is 13.7. The average Bonchev–Trinajstić information content (AvgIpc) is 3.24. The first-order chi connectivity index (χ1) is 14.5. The maximum Gasteiger partial charge on any atom is 0.261 e. The molecule has 9 heteroatoms. The van der Waals surface area contributed by atoms with Crippen molar-refractivity contribution >= 4 is 23.1 Å². The van der Waals surface area contributed by atoms with Crippen LogP contribution in [0.15, 0.2) is 67.3 Å². The summed E-state index contributed by atoms with van der Waals surface area (Å²) in [4.78, 5) is 24.9. The molecular weight excluding hydrogens is 390 g/mol. The Morgan fingerprint density at radius 2 is 1.70 bits per heavy atom. The van der Waals surface area contributed by atoms with Gasteiger partial charge in [-0.2, -0.15) is 0 Å². The molecule has 0 spiro atoms. The number of anilines is 3. The highest BCUT2D eigenvalue weighted by Crippen LogP contribution is 2.21. The molecule has 2 heterocycles. The fourth-order valence-electron chi connectivity index (χ4n) is 2.84. The first kappa shape index (κ1) is 19.2. The third-order valence-electron chi connectivity index (χ3n) is 4.20. The number of carbonyl (C=O) groups excluding carboxylic acids is 1. The minimum Gasteiger partial charge on any atom is -0.340 e. The lowest BCUT2D eigenvalue weighted by Crippen LogP contribution is -2.15. The molecule has 2 aromatic heterocycles. The van der Waals surface area contributed by atoms with Crippen LogP contribution in [0.1, 0.15) is 16.2 Å². The van der Waals surface area contributed by atoms with Crippen LogP contribution in [0.3, 0.4) is 0 Å². The minimum atomic E-state index is -0.918. The van der Waals surface area contributed by atoms with E-state index in [1.807, 2.05) is 0 Å². The van der Waals surface area contributed by atoms with Gasteiger partial charge in [0, 0.05) is 29.8 Å². The van der Waals surface area contributed by atoms with Crippen LogP contribution in [0.25, 0.3) is 5.82 Å². The number of hydrogen-bond acceptors (Lipinski definition) is 5. The molecule has 7 nitrogen and oxygen atoms in total. The summed E-state index contributed by atoms with van der Waals surface area (Å²) in [6.45, 7) is 1.78. The van der Waals surface area contributed by atoms with Crippen molar-refractivity contribution in [3.05, 3.63) is 90.3 Å². The number of aromatic nitrogens is 4. The molecule has 2 aromatic carbocycles. The van der Waals surface area contributed by atoms with Crippen LogP contribution >= 0.6 is 0 Å². The molecule has 0 saturated heterocycles. The molecule has 0 unspecified atom stereocenters. The van der Waals surface area contributed by atoms with Crippen molar-refractivity contribution in [2.24, 2.45) is 0 Å². The fraction of sp³-hybridized carbons (Fsp3) is 0.0476. The number of amides is 1. The Kier molecular flexibility index (Phi) is 5.17. The van der Waals surface area contributed by atoms with Crippen molar-refractivity contribution in [2.45, 2.75) is 6.92 Å². The van der Waals surface area contributed by atoms with E-state index in [9.17, 15) is 13.6 Å². The first-order valence-corrected chi connectivity index (χ1v) is 8.96. The van der Waals surface area contributed by atoms with Gasteiger partial charge in [0.15, 0.2) is 0 Å². The smallest absolute Gasteiger partial charge is 0.261 e. The van der Waals surface area contributed by atoms with E-state index in [1.165, 1.54) is 6.07 Å². The lowest BCUT2D eigenvalue weighted by atomic mass is 10.1. The summed E-state index contributed by atoms with van der Waals surface area (Å²) in [6, 6.07) is 11.7. The number of benzene rings is 2. The molecule has 4 aromatic rings. The first-order valence-electron chi connectivity index (χ1n) is 8.96. The molecule has 0 aliphatic carbocycles. The van der Waals surface area contributed by atoms with Crippen LogP contribution in [-0.4, -0.2) is 25.4 Å². The quantitative estimate of drug-likeness (QED) is 0.518. The van der Waals surface area contributed by atoms with Crippen molar-refractivity contribution in [1.29, 1.82) is 0 Å². The number of nitrogens with one attached hydrogen (secondary N) is 2. The summed E-state index contributed by atoms with van der Waals surface area (Å²) in [7, 11) is 0. The normalized spacial score (nSPS) is 10.6. The minimum absolute atomic E-state index is 0.395. The zero-order valence-corrected chi connectivity index (χ0v) is 15.8. The molecule has 150 valence electrons. The number of aryl methyl sites for hydroxylation is 1. The zero-order chi connectivity index (χ0) is 21.1. The Morgan fingerprint density at radius 1 is 1.00 bits per heavy atom. The summed E-state index contributed by atoms with van der Waals surface area (Å²) in [5.41, 5.74) is 0.481. The topological polar surface area (TPSA) is 84.7 Å². The molecule has 2 N–H and O–H groups in total. The van der Waals surface area contributed by atoms with E-state index in [0.29, 0.717) is 28.8 Å². The van der Waals surface area contributed by atoms with Crippen LogP contribution in [-0.2, 0) is 0 Å². The van der Waals surface area contributed by atoms with Gasteiger partial charge in [0.2, 0.25) is 0 Å². The van der Waals surface area contributed by atoms with Crippen molar-refractivity contribution in [2.75, 3.05) is 10.6 Å². The van der Waals surface area contributed by atoms with E-state index in [4.69, 9.17) is 0 Å². The highest BCUT2D eigenvalue weighted by Gasteiger charge is 2.17. The number of nitrogens with zero attached hydrogens (tertiary/aromatic N) is 4. The third kappa shape index (κ3) is 4.14. The van der Waals surface area contributed by atoms with Crippen LogP contribution in [0.2, 0.25) is 0 Å². The Balaban J connectivity index is 1.49. The molecular formula is C21H16F2N6O. The van der Waals surface area contributed by atoms with Gasteiger partial charge in [-0.05, 0) is 43.3 Å². The van der Waals surface area contributed by atoms with Crippen LogP contribution in [0, 0.1) is 18.6 Å². The van der Waals surface area contributed by atoms with Crippen molar-refractivity contribution in [3.63, 3.8) is 0 Å². The molecule has 0 radical (unpaired) electrons. The van der Waals surface area contributed by atoms with Gasteiger partial charge in [-0.25, -0.2) is 23.7 Å². The van der Waals surface area contributed by atoms with E-state index in [2.05, 4.69) is 25.6 Å². The van der Waals surface area contributed by atoms with E-state index in [0.717, 1.165) is 12.1 Å². The predicted octanol–water partition coefficient (Wildman–Crippen LogP) is 4.24. The fourth-order valence-corrected chi connectivity index (χ4v) is 2.84. The molecule has 30 heavy (non-hydrogen) atoms. The number of carbonyl (C=O) groups is 1. The Bertz CT molecular complexity index is 1170. The number of imidazole rings is 1. The number of hydrogen-bond donors (Lipinski definition) is 2. The number of halogens is 2. The summed E-state index contributed by atoms with van der Waals surface area (Å²) in [6.07, 6.45) is 5.08. The zero-order valence-electron chi connectivity index (χ0n) is 15.8. The standard InChI is InChI=1S/C21H16F2N6O/c1-13-25-18(11-19(26-13)29-10-9-24-12-29)27-14-5-7-15(8-6-14)28-21(30)20-16(22)3-2-4-17(20)23/h2-12H,1H3,(H,28,30)(H,25,26,27). The van der Waals surface area contributed by atoms with E-state index >= 15 is 0 Å². The number of rotatable bonds is 5. The molecule has 0 saturated carbocycles. The molecule has 0 aliphatic rings. The summed E-state index contributed by atoms with van der Waals surface area (Å²) < 4.78 is 29.3. The van der Waals surface area contributed by atoms with Crippen molar-refractivity contribution < 1.29 is 13.6 Å². The molecule has 0 atom stereocenters. The Labute approximate surface area is 170 Å². The highest BCUT2D eigenvalue weighted by molar-refractivity contribution is 6.04. The molecule has 1 amide bonds.